The minimum atomic E-state index is -0.0768. The number of likely N-dealkylation sites (tertiary alicyclic amines) is 1. The molecule has 1 aromatic carbocycles. The quantitative estimate of drug-likeness (QED) is 0.419. The topological polar surface area (TPSA) is 50.1 Å². The number of piperidine rings is 1. The van der Waals surface area contributed by atoms with Crippen LogP contribution in [0, 0.1) is 24.7 Å². The van der Waals surface area contributed by atoms with E-state index in [1.54, 1.807) is 6.07 Å². The lowest BCUT2D eigenvalue weighted by Gasteiger charge is -2.50. The van der Waals surface area contributed by atoms with Gasteiger partial charge in [-0.2, -0.15) is 5.10 Å². The van der Waals surface area contributed by atoms with E-state index in [0.717, 1.165) is 65.1 Å². The second-order valence-electron chi connectivity index (χ2n) is 11.1. The molecule has 2 saturated heterocycles. The van der Waals surface area contributed by atoms with Gasteiger partial charge in [0.1, 0.15) is 11.3 Å². The molecular formula is C27H34Cl2N6. The number of aromatic nitrogens is 4. The highest BCUT2D eigenvalue weighted by Crippen LogP contribution is 2.38. The van der Waals surface area contributed by atoms with Crippen LogP contribution in [0.4, 0.5) is 5.82 Å². The monoisotopic (exact) mass is 512 g/mol. The number of halogens is 2. The molecule has 1 aliphatic carbocycles. The summed E-state index contributed by atoms with van der Waals surface area (Å²) in [6, 6.07) is 6.38. The van der Waals surface area contributed by atoms with Crippen LogP contribution in [0.3, 0.4) is 0 Å². The van der Waals surface area contributed by atoms with Crippen molar-refractivity contribution >= 4 is 40.2 Å². The molecule has 0 spiro atoms. The SMILES string of the molecule is Cc1nn([C@H](C)c2ccc(Cl)cc2Cl)c2nc(N3CC([C@@H]4CCCN(C5CC(C)C5)C4)C3)cnc12. The fourth-order valence-corrected chi connectivity index (χ4v) is 6.92. The van der Waals surface area contributed by atoms with Crippen LogP contribution in [-0.4, -0.2) is 56.9 Å². The van der Waals surface area contributed by atoms with E-state index in [4.69, 9.17) is 38.3 Å². The summed E-state index contributed by atoms with van der Waals surface area (Å²) in [5.74, 6) is 3.44. The minimum Gasteiger partial charge on any atom is -0.355 e. The molecule has 0 bridgehead atoms. The van der Waals surface area contributed by atoms with Gasteiger partial charge < -0.3 is 9.80 Å². The maximum Gasteiger partial charge on any atom is 0.179 e. The van der Waals surface area contributed by atoms with Crippen LogP contribution < -0.4 is 4.90 Å². The number of hydrogen-bond acceptors (Lipinski definition) is 5. The molecule has 0 N–H and O–H groups in total. The number of nitrogens with zero attached hydrogens (tertiary/aromatic N) is 6. The average molecular weight is 514 g/mol. The molecular weight excluding hydrogens is 479 g/mol. The first kappa shape index (κ1) is 23.5. The Hall–Kier alpha value is -1.89. The van der Waals surface area contributed by atoms with E-state index in [0.29, 0.717) is 10.0 Å². The zero-order chi connectivity index (χ0) is 24.3. The Morgan fingerprint density at radius 3 is 2.63 bits per heavy atom. The summed E-state index contributed by atoms with van der Waals surface area (Å²) in [5, 5.41) is 6.05. The Bertz CT molecular complexity index is 1230. The summed E-state index contributed by atoms with van der Waals surface area (Å²) < 4.78 is 1.95. The summed E-state index contributed by atoms with van der Waals surface area (Å²) in [5.41, 5.74) is 3.51. The number of hydrogen-bond donors (Lipinski definition) is 0. The van der Waals surface area contributed by atoms with E-state index in [1.165, 1.54) is 38.8 Å². The molecule has 35 heavy (non-hydrogen) atoms. The van der Waals surface area contributed by atoms with Crippen molar-refractivity contribution in [2.24, 2.45) is 17.8 Å². The Kier molecular flexibility index (Phi) is 6.18. The smallest absolute Gasteiger partial charge is 0.179 e. The van der Waals surface area contributed by atoms with Crippen LogP contribution >= 0.6 is 23.2 Å². The molecule has 3 aliphatic rings. The number of anilines is 1. The van der Waals surface area contributed by atoms with Crippen molar-refractivity contribution < 1.29 is 0 Å². The fourth-order valence-electron chi connectivity index (χ4n) is 6.35. The fraction of sp³-hybridized carbons (Fsp3) is 0.593. The lowest BCUT2D eigenvalue weighted by atomic mass is 9.76. The number of rotatable bonds is 5. The molecule has 8 heteroatoms. The predicted molar refractivity (Wildman–Crippen MR) is 143 cm³/mol. The molecule has 6 rings (SSSR count). The third-order valence-corrected chi connectivity index (χ3v) is 9.16. The summed E-state index contributed by atoms with van der Waals surface area (Å²) >= 11 is 12.6. The highest BCUT2D eigenvalue weighted by molar-refractivity contribution is 6.35. The largest absolute Gasteiger partial charge is 0.355 e. The minimum absolute atomic E-state index is 0.0768. The van der Waals surface area contributed by atoms with Crippen LogP contribution in [0.1, 0.15) is 56.8 Å². The van der Waals surface area contributed by atoms with Gasteiger partial charge in [0.05, 0.1) is 17.9 Å². The summed E-state index contributed by atoms with van der Waals surface area (Å²) in [6.07, 6.45) is 7.42. The van der Waals surface area contributed by atoms with Crippen molar-refractivity contribution in [3.05, 3.63) is 45.7 Å². The number of aryl methyl sites for hydroxylation is 1. The molecule has 2 aliphatic heterocycles. The Labute approximate surface area is 217 Å². The van der Waals surface area contributed by atoms with E-state index >= 15 is 0 Å². The second-order valence-corrected chi connectivity index (χ2v) is 11.9. The maximum absolute atomic E-state index is 6.51. The standard InChI is InChI=1S/C27H34Cl2N6/c1-16-9-22(10-16)33-8-4-5-19(13-33)20-14-34(15-20)25-12-30-26-17(2)32-35(27(26)31-25)18(3)23-7-6-21(28)11-24(23)29/h6-7,11-12,16,18-20,22H,4-5,8-10,13-15H2,1-3H3/t16?,18-,19-,22?/m1/s1. The zero-order valence-electron chi connectivity index (χ0n) is 20.8. The highest BCUT2D eigenvalue weighted by atomic mass is 35.5. The van der Waals surface area contributed by atoms with Gasteiger partial charge in [-0.15, -0.1) is 0 Å². The third kappa shape index (κ3) is 4.32. The van der Waals surface area contributed by atoms with Crippen molar-refractivity contribution in [1.29, 1.82) is 0 Å². The molecule has 2 aromatic heterocycles. The van der Waals surface area contributed by atoms with Crippen LogP contribution in [0.15, 0.2) is 24.4 Å². The van der Waals surface area contributed by atoms with Gasteiger partial charge in [-0.05, 0) is 81.5 Å². The Balaban J connectivity index is 1.18. The first-order valence-corrected chi connectivity index (χ1v) is 13.8. The van der Waals surface area contributed by atoms with Crippen molar-refractivity contribution in [3.8, 4) is 0 Å². The van der Waals surface area contributed by atoms with Gasteiger partial charge in [0.2, 0.25) is 0 Å². The van der Waals surface area contributed by atoms with Gasteiger partial charge >= 0.3 is 0 Å². The molecule has 3 aromatic rings. The predicted octanol–water partition coefficient (Wildman–Crippen LogP) is 6.00. The number of fused-ring (bicyclic) bond motifs is 1. The first-order chi connectivity index (χ1) is 16.9. The first-order valence-electron chi connectivity index (χ1n) is 13.0. The van der Waals surface area contributed by atoms with E-state index in [-0.39, 0.29) is 6.04 Å². The number of benzene rings is 1. The lowest BCUT2D eigenvalue weighted by molar-refractivity contribution is 0.0295. The molecule has 0 radical (unpaired) electrons. The Morgan fingerprint density at radius 2 is 1.89 bits per heavy atom. The van der Waals surface area contributed by atoms with Gasteiger partial charge in [0.15, 0.2) is 5.65 Å². The summed E-state index contributed by atoms with van der Waals surface area (Å²) in [6.45, 7) is 11.2. The molecule has 3 fully saturated rings. The molecule has 0 unspecified atom stereocenters. The zero-order valence-corrected chi connectivity index (χ0v) is 22.3. The van der Waals surface area contributed by atoms with E-state index < -0.39 is 0 Å². The molecule has 186 valence electrons. The van der Waals surface area contributed by atoms with Gasteiger partial charge in [-0.1, -0.05) is 36.2 Å². The summed E-state index contributed by atoms with van der Waals surface area (Å²) in [7, 11) is 0. The molecule has 4 heterocycles. The average Bonchev–Trinajstić information content (AvgIpc) is 3.12. The molecule has 6 nitrogen and oxygen atoms in total. The lowest BCUT2D eigenvalue weighted by Crippen LogP contribution is -2.56. The van der Waals surface area contributed by atoms with Crippen LogP contribution in [-0.2, 0) is 0 Å². The van der Waals surface area contributed by atoms with Crippen molar-refractivity contribution in [2.45, 2.75) is 58.5 Å². The molecule has 0 amide bonds. The van der Waals surface area contributed by atoms with E-state index in [9.17, 15) is 0 Å². The maximum atomic E-state index is 6.51. The van der Waals surface area contributed by atoms with Crippen LogP contribution in [0.5, 0.6) is 0 Å². The van der Waals surface area contributed by atoms with E-state index in [2.05, 4.69) is 23.6 Å². The van der Waals surface area contributed by atoms with E-state index in [1.807, 2.05) is 29.9 Å². The summed E-state index contributed by atoms with van der Waals surface area (Å²) in [4.78, 5) is 15.0. The van der Waals surface area contributed by atoms with Crippen molar-refractivity contribution in [2.75, 3.05) is 31.1 Å². The molecule has 2 atom stereocenters. The third-order valence-electron chi connectivity index (χ3n) is 8.59. The Morgan fingerprint density at radius 1 is 1.09 bits per heavy atom. The normalized spacial score (nSPS) is 26.5. The van der Waals surface area contributed by atoms with Gasteiger partial charge in [-0.3, -0.25) is 0 Å². The van der Waals surface area contributed by atoms with Crippen molar-refractivity contribution in [3.63, 3.8) is 0 Å². The van der Waals surface area contributed by atoms with Crippen molar-refractivity contribution in [1.82, 2.24) is 24.6 Å². The van der Waals surface area contributed by atoms with Gasteiger partial charge in [0.25, 0.3) is 0 Å². The van der Waals surface area contributed by atoms with Gasteiger partial charge in [0, 0.05) is 35.7 Å². The highest BCUT2D eigenvalue weighted by Gasteiger charge is 2.39. The second kappa shape index (κ2) is 9.20. The van der Waals surface area contributed by atoms with Crippen LogP contribution in [0.25, 0.3) is 11.2 Å². The van der Waals surface area contributed by atoms with Gasteiger partial charge in [-0.25, -0.2) is 14.6 Å². The molecule has 1 saturated carbocycles. The van der Waals surface area contributed by atoms with Crippen LogP contribution in [0.2, 0.25) is 10.0 Å².